The van der Waals surface area contributed by atoms with Crippen molar-refractivity contribution >= 4 is 6.08 Å². The van der Waals surface area contributed by atoms with E-state index in [4.69, 9.17) is 5.73 Å². The molecule has 15 heavy (non-hydrogen) atoms. The van der Waals surface area contributed by atoms with Gasteiger partial charge >= 0.3 is 0 Å². The Hall–Kier alpha value is -1.08. The van der Waals surface area contributed by atoms with Crippen LogP contribution in [0.3, 0.4) is 0 Å². The van der Waals surface area contributed by atoms with Gasteiger partial charge in [0.2, 0.25) is 0 Å². The fourth-order valence-electron chi connectivity index (χ4n) is 1.54. The fraction of sp³-hybridized carbons (Fsp3) is 0.429. The van der Waals surface area contributed by atoms with Crippen molar-refractivity contribution in [2.75, 3.05) is 6.54 Å². The maximum Gasteiger partial charge on any atom is -0.00741 e. The molecule has 0 aliphatic heterocycles. The van der Waals surface area contributed by atoms with Gasteiger partial charge in [-0.25, -0.2) is 0 Å². The number of allylic oxidation sites excluding steroid dienone is 1. The Morgan fingerprint density at radius 1 is 1.33 bits per heavy atom. The quantitative estimate of drug-likeness (QED) is 0.753. The average molecular weight is 203 g/mol. The molecule has 0 saturated heterocycles. The van der Waals surface area contributed by atoms with Gasteiger partial charge in [0.1, 0.15) is 0 Å². The van der Waals surface area contributed by atoms with Crippen LogP contribution in [0.2, 0.25) is 0 Å². The Morgan fingerprint density at radius 2 is 2.20 bits per heavy atom. The lowest BCUT2D eigenvalue weighted by Gasteiger charge is -2.01. The lowest BCUT2D eigenvalue weighted by Crippen LogP contribution is -2.00. The summed E-state index contributed by atoms with van der Waals surface area (Å²) in [5, 5.41) is 0. The lowest BCUT2D eigenvalue weighted by atomic mass is 10.1. The molecule has 1 rings (SSSR count). The largest absolute Gasteiger partial charge is 0.330 e. The summed E-state index contributed by atoms with van der Waals surface area (Å²) in [7, 11) is 0. The van der Waals surface area contributed by atoms with Gasteiger partial charge in [-0.05, 0) is 36.9 Å². The molecule has 1 heteroatoms. The predicted molar refractivity (Wildman–Crippen MR) is 67.8 cm³/mol. The third-order valence-corrected chi connectivity index (χ3v) is 2.39. The zero-order chi connectivity index (χ0) is 10.9. The Bertz CT molecular complexity index is 302. The first kappa shape index (κ1) is 12.0. The van der Waals surface area contributed by atoms with Crippen molar-refractivity contribution in [3.8, 4) is 0 Å². The molecule has 82 valence electrons. The minimum absolute atomic E-state index is 0.774. The number of hydrogen-bond donors (Lipinski definition) is 1. The third-order valence-electron chi connectivity index (χ3n) is 2.39. The fourth-order valence-corrected chi connectivity index (χ4v) is 1.54. The van der Waals surface area contributed by atoms with E-state index in [1.54, 1.807) is 0 Å². The van der Waals surface area contributed by atoms with E-state index in [1.807, 2.05) is 0 Å². The summed E-state index contributed by atoms with van der Waals surface area (Å²) in [6, 6.07) is 8.70. The number of benzene rings is 1. The molecule has 0 saturated carbocycles. The smallest absolute Gasteiger partial charge is 0.00741 e. The summed E-state index contributed by atoms with van der Waals surface area (Å²) in [6.45, 7) is 2.97. The van der Waals surface area contributed by atoms with E-state index < -0.39 is 0 Å². The Kier molecular flexibility index (Phi) is 5.79. The van der Waals surface area contributed by atoms with Gasteiger partial charge in [-0.3, -0.25) is 0 Å². The van der Waals surface area contributed by atoms with Gasteiger partial charge in [-0.15, -0.1) is 0 Å². The molecule has 1 aromatic carbocycles. The summed E-state index contributed by atoms with van der Waals surface area (Å²) in [6.07, 6.45) is 8.97. The molecule has 0 heterocycles. The first-order valence-corrected chi connectivity index (χ1v) is 5.82. The molecule has 0 fully saturated rings. The standard InChI is InChI=1S/C14H21N/c1-2-3-4-7-13-8-5-9-14(12-13)10-6-11-15/h4-5,7-9,12H,2-3,6,10-11,15H2,1H3/b7-4+. The van der Waals surface area contributed by atoms with Crippen LogP contribution in [0.5, 0.6) is 0 Å². The molecule has 0 bridgehead atoms. The van der Waals surface area contributed by atoms with Crippen molar-refractivity contribution in [3.63, 3.8) is 0 Å². The maximum atomic E-state index is 5.50. The van der Waals surface area contributed by atoms with Gasteiger partial charge in [0.25, 0.3) is 0 Å². The van der Waals surface area contributed by atoms with Crippen LogP contribution < -0.4 is 5.73 Å². The third kappa shape index (κ3) is 4.80. The van der Waals surface area contributed by atoms with E-state index in [0.717, 1.165) is 25.8 Å². The summed E-state index contributed by atoms with van der Waals surface area (Å²) >= 11 is 0. The van der Waals surface area contributed by atoms with Crippen LogP contribution in [0.15, 0.2) is 30.3 Å². The van der Waals surface area contributed by atoms with Crippen molar-refractivity contribution in [1.29, 1.82) is 0 Å². The SMILES string of the molecule is CCC/C=C/c1cccc(CCCN)c1. The first-order chi connectivity index (χ1) is 7.36. The molecule has 2 N–H and O–H groups in total. The molecule has 0 unspecified atom stereocenters. The summed E-state index contributed by atoms with van der Waals surface area (Å²) in [5.74, 6) is 0. The highest BCUT2D eigenvalue weighted by atomic mass is 14.5. The molecule has 0 radical (unpaired) electrons. The Morgan fingerprint density at radius 3 is 2.93 bits per heavy atom. The van der Waals surface area contributed by atoms with Crippen molar-refractivity contribution in [2.24, 2.45) is 5.73 Å². The first-order valence-electron chi connectivity index (χ1n) is 5.82. The van der Waals surface area contributed by atoms with Gasteiger partial charge < -0.3 is 5.73 Å². The average Bonchev–Trinajstić information content (AvgIpc) is 2.27. The van der Waals surface area contributed by atoms with E-state index in [1.165, 1.54) is 17.5 Å². The van der Waals surface area contributed by atoms with Crippen LogP contribution in [-0.2, 0) is 6.42 Å². The number of rotatable bonds is 6. The van der Waals surface area contributed by atoms with Crippen LogP contribution in [0.4, 0.5) is 0 Å². The zero-order valence-corrected chi connectivity index (χ0v) is 9.58. The lowest BCUT2D eigenvalue weighted by molar-refractivity contribution is 0.832. The summed E-state index contributed by atoms with van der Waals surface area (Å²) in [5.41, 5.74) is 8.19. The normalized spacial score (nSPS) is 11.1. The highest BCUT2D eigenvalue weighted by Crippen LogP contribution is 2.09. The number of unbranched alkanes of at least 4 members (excludes halogenated alkanes) is 1. The van der Waals surface area contributed by atoms with Gasteiger partial charge in [-0.1, -0.05) is 49.8 Å². The molecule has 0 aliphatic carbocycles. The Balaban J connectivity index is 2.57. The van der Waals surface area contributed by atoms with Crippen molar-refractivity contribution in [3.05, 3.63) is 41.5 Å². The number of aryl methyl sites for hydroxylation is 1. The molecular weight excluding hydrogens is 182 g/mol. The molecule has 0 amide bonds. The number of hydrogen-bond acceptors (Lipinski definition) is 1. The van der Waals surface area contributed by atoms with Crippen LogP contribution in [0.1, 0.15) is 37.3 Å². The van der Waals surface area contributed by atoms with E-state index >= 15 is 0 Å². The molecule has 0 aliphatic rings. The van der Waals surface area contributed by atoms with Crippen molar-refractivity contribution in [2.45, 2.75) is 32.6 Å². The molecule has 0 atom stereocenters. The minimum Gasteiger partial charge on any atom is -0.330 e. The minimum atomic E-state index is 0.774. The van der Waals surface area contributed by atoms with E-state index in [2.05, 4.69) is 43.3 Å². The summed E-state index contributed by atoms with van der Waals surface area (Å²) in [4.78, 5) is 0. The van der Waals surface area contributed by atoms with Gasteiger partial charge in [-0.2, -0.15) is 0 Å². The van der Waals surface area contributed by atoms with E-state index in [-0.39, 0.29) is 0 Å². The zero-order valence-electron chi connectivity index (χ0n) is 9.58. The molecule has 1 nitrogen and oxygen atoms in total. The molecule has 0 spiro atoms. The van der Waals surface area contributed by atoms with Gasteiger partial charge in [0.05, 0.1) is 0 Å². The second kappa shape index (κ2) is 7.24. The summed E-state index contributed by atoms with van der Waals surface area (Å²) < 4.78 is 0. The van der Waals surface area contributed by atoms with Crippen LogP contribution >= 0.6 is 0 Å². The topological polar surface area (TPSA) is 26.0 Å². The van der Waals surface area contributed by atoms with E-state index in [9.17, 15) is 0 Å². The van der Waals surface area contributed by atoms with Gasteiger partial charge in [0, 0.05) is 0 Å². The number of nitrogens with two attached hydrogens (primary N) is 1. The maximum absolute atomic E-state index is 5.50. The molecule has 1 aromatic rings. The van der Waals surface area contributed by atoms with Crippen LogP contribution in [0.25, 0.3) is 6.08 Å². The van der Waals surface area contributed by atoms with Crippen LogP contribution in [0, 0.1) is 0 Å². The second-order valence-corrected chi connectivity index (χ2v) is 3.83. The van der Waals surface area contributed by atoms with Gasteiger partial charge in [0.15, 0.2) is 0 Å². The van der Waals surface area contributed by atoms with E-state index in [0.29, 0.717) is 0 Å². The van der Waals surface area contributed by atoms with Crippen LogP contribution in [-0.4, -0.2) is 6.54 Å². The monoisotopic (exact) mass is 203 g/mol. The highest BCUT2D eigenvalue weighted by molar-refractivity contribution is 5.50. The van der Waals surface area contributed by atoms with Crippen molar-refractivity contribution < 1.29 is 0 Å². The highest BCUT2D eigenvalue weighted by Gasteiger charge is 1.93. The second-order valence-electron chi connectivity index (χ2n) is 3.83. The molecular formula is C14H21N. The predicted octanol–water partition coefficient (Wildman–Crippen LogP) is 3.39. The molecule has 0 aromatic heterocycles. The Labute approximate surface area is 93.0 Å². The van der Waals surface area contributed by atoms with Crippen molar-refractivity contribution in [1.82, 2.24) is 0 Å².